The number of anilines is 1. The third-order valence-corrected chi connectivity index (χ3v) is 3.37. The second kappa shape index (κ2) is 6.45. The van der Waals surface area contributed by atoms with Gasteiger partial charge < -0.3 is 15.4 Å². The molecule has 4 heteroatoms. The number of amides is 1. The van der Waals surface area contributed by atoms with E-state index < -0.39 is 0 Å². The summed E-state index contributed by atoms with van der Waals surface area (Å²) in [4.78, 5) is 13.9. The first-order chi connectivity index (χ1) is 9.19. The second-order valence-corrected chi connectivity index (χ2v) is 5.04. The van der Waals surface area contributed by atoms with E-state index >= 15 is 0 Å². The van der Waals surface area contributed by atoms with E-state index in [4.69, 9.17) is 10.5 Å². The van der Waals surface area contributed by atoms with Gasteiger partial charge in [0.1, 0.15) is 5.75 Å². The van der Waals surface area contributed by atoms with E-state index in [9.17, 15) is 4.79 Å². The summed E-state index contributed by atoms with van der Waals surface area (Å²) in [6.07, 6.45) is 2.97. The van der Waals surface area contributed by atoms with Crippen LogP contribution in [0, 0.1) is 5.92 Å². The van der Waals surface area contributed by atoms with Gasteiger partial charge in [0.2, 0.25) is 5.91 Å². The highest BCUT2D eigenvalue weighted by Crippen LogP contribution is 2.29. The van der Waals surface area contributed by atoms with Crippen LogP contribution in [0.1, 0.15) is 26.2 Å². The van der Waals surface area contributed by atoms with E-state index in [1.807, 2.05) is 24.0 Å². The SMILES string of the molecule is CCN(CC1CC1)C(=O)CCOc1ccc(N)cc1. The van der Waals surface area contributed by atoms with Gasteiger partial charge in [-0.2, -0.15) is 0 Å². The van der Waals surface area contributed by atoms with Crippen LogP contribution >= 0.6 is 0 Å². The topological polar surface area (TPSA) is 55.6 Å². The molecule has 1 amide bonds. The Morgan fingerprint density at radius 2 is 2.05 bits per heavy atom. The maximum Gasteiger partial charge on any atom is 0.225 e. The van der Waals surface area contributed by atoms with Crippen molar-refractivity contribution in [3.8, 4) is 5.75 Å². The molecule has 0 spiro atoms. The van der Waals surface area contributed by atoms with Crippen molar-refractivity contribution in [2.45, 2.75) is 26.2 Å². The zero-order valence-corrected chi connectivity index (χ0v) is 11.5. The Hall–Kier alpha value is -1.71. The molecular weight excluding hydrogens is 240 g/mol. The summed E-state index contributed by atoms with van der Waals surface area (Å²) >= 11 is 0. The zero-order valence-electron chi connectivity index (χ0n) is 11.5. The monoisotopic (exact) mass is 262 g/mol. The normalized spacial score (nSPS) is 14.2. The fourth-order valence-corrected chi connectivity index (χ4v) is 2.00. The molecule has 0 unspecified atom stereocenters. The summed E-state index contributed by atoms with van der Waals surface area (Å²) in [6.45, 7) is 4.15. The van der Waals surface area contributed by atoms with Gasteiger partial charge in [0.25, 0.3) is 0 Å². The first kappa shape index (κ1) is 13.7. The number of hydrogen-bond donors (Lipinski definition) is 1. The average molecular weight is 262 g/mol. The highest BCUT2D eigenvalue weighted by Gasteiger charge is 2.25. The van der Waals surface area contributed by atoms with Crippen LogP contribution in [0.25, 0.3) is 0 Å². The maximum absolute atomic E-state index is 12.0. The van der Waals surface area contributed by atoms with Gasteiger partial charge in [0, 0.05) is 18.8 Å². The van der Waals surface area contributed by atoms with Crippen LogP contribution in [-0.2, 0) is 4.79 Å². The number of ether oxygens (including phenoxy) is 1. The number of nitrogens with zero attached hydrogens (tertiary/aromatic N) is 1. The third kappa shape index (κ3) is 4.47. The summed E-state index contributed by atoms with van der Waals surface area (Å²) in [5.41, 5.74) is 6.31. The molecular formula is C15H22N2O2. The number of benzene rings is 1. The number of nitrogen functional groups attached to an aromatic ring is 1. The number of carbonyl (C=O) groups excluding carboxylic acids is 1. The first-order valence-corrected chi connectivity index (χ1v) is 6.95. The molecule has 0 heterocycles. The highest BCUT2D eigenvalue weighted by molar-refractivity contribution is 5.76. The second-order valence-electron chi connectivity index (χ2n) is 5.04. The molecule has 1 saturated carbocycles. The Morgan fingerprint density at radius 3 is 2.63 bits per heavy atom. The van der Waals surface area contributed by atoms with E-state index in [2.05, 4.69) is 0 Å². The summed E-state index contributed by atoms with van der Waals surface area (Å²) < 4.78 is 5.54. The molecule has 1 fully saturated rings. The van der Waals surface area contributed by atoms with E-state index in [0.717, 1.165) is 24.8 Å². The van der Waals surface area contributed by atoms with Crippen LogP contribution < -0.4 is 10.5 Å². The summed E-state index contributed by atoms with van der Waals surface area (Å²) in [5.74, 6) is 1.68. The zero-order chi connectivity index (χ0) is 13.7. The van der Waals surface area contributed by atoms with Crippen LogP contribution in [0.5, 0.6) is 5.75 Å². The molecule has 0 radical (unpaired) electrons. The molecule has 0 aliphatic heterocycles. The van der Waals surface area contributed by atoms with Crippen molar-refractivity contribution in [3.05, 3.63) is 24.3 Å². The Labute approximate surface area is 114 Å². The van der Waals surface area contributed by atoms with Crippen LogP contribution in [-0.4, -0.2) is 30.5 Å². The lowest BCUT2D eigenvalue weighted by Gasteiger charge is -2.20. The summed E-state index contributed by atoms with van der Waals surface area (Å²) in [5, 5.41) is 0. The van der Waals surface area contributed by atoms with Gasteiger partial charge in [0.15, 0.2) is 0 Å². The van der Waals surface area contributed by atoms with Gasteiger partial charge in [-0.3, -0.25) is 4.79 Å². The fraction of sp³-hybridized carbons (Fsp3) is 0.533. The van der Waals surface area contributed by atoms with Crippen LogP contribution in [0.3, 0.4) is 0 Å². The first-order valence-electron chi connectivity index (χ1n) is 6.95. The van der Waals surface area contributed by atoms with Crippen molar-refractivity contribution in [1.29, 1.82) is 0 Å². The predicted octanol–water partition coefficient (Wildman–Crippen LogP) is 2.30. The predicted molar refractivity (Wildman–Crippen MR) is 75.9 cm³/mol. The molecule has 0 aromatic heterocycles. The lowest BCUT2D eigenvalue weighted by Crippen LogP contribution is -2.33. The number of hydrogen-bond acceptors (Lipinski definition) is 3. The lowest BCUT2D eigenvalue weighted by atomic mass is 10.3. The molecule has 0 bridgehead atoms. The van der Waals surface area contributed by atoms with E-state index in [1.165, 1.54) is 12.8 Å². The minimum absolute atomic E-state index is 0.185. The molecule has 2 rings (SSSR count). The van der Waals surface area contributed by atoms with Crippen LogP contribution in [0.4, 0.5) is 5.69 Å². The molecule has 1 aromatic carbocycles. The standard InChI is InChI=1S/C15H22N2O2/c1-2-17(11-12-3-4-12)15(18)9-10-19-14-7-5-13(16)6-8-14/h5-8,12H,2-4,9-11,16H2,1H3. The van der Waals surface area contributed by atoms with Gasteiger partial charge in [-0.05, 0) is 49.9 Å². The number of rotatable bonds is 7. The average Bonchev–Trinajstić information content (AvgIpc) is 3.22. The van der Waals surface area contributed by atoms with Gasteiger partial charge in [-0.1, -0.05) is 0 Å². The van der Waals surface area contributed by atoms with Crippen LogP contribution in [0.15, 0.2) is 24.3 Å². The summed E-state index contributed by atoms with van der Waals surface area (Å²) in [7, 11) is 0. The van der Waals surface area contributed by atoms with Crippen LogP contribution in [0.2, 0.25) is 0 Å². The van der Waals surface area contributed by atoms with Crippen molar-refractivity contribution in [2.24, 2.45) is 5.92 Å². The Balaban J connectivity index is 1.71. The molecule has 4 nitrogen and oxygen atoms in total. The minimum atomic E-state index is 0.185. The number of nitrogens with two attached hydrogens (primary N) is 1. The quantitative estimate of drug-likeness (QED) is 0.767. The van der Waals surface area contributed by atoms with Crippen molar-refractivity contribution >= 4 is 11.6 Å². The van der Waals surface area contributed by atoms with E-state index in [0.29, 0.717) is 18.7 Å². The molecule has 104 valence electrons. The Kier molecular flexibility index (Phi) is 4.66. The molecule has 1 aliphatic rings. The fourth-order valence-electron chi connectivity index (χ4n) is 2.00. The van der Waals surface area contributed by atoms with Crippen molar-refractivity contribution in [2.75, 3.05) is 25.4 Å². The molecule has 0 atom stereocenters. The highest BCUT2D eigenvalue weighted by atomic mass is 16.5. The van der Waals surface area contributed by atoms with E-state index in [-0.39, 0.29) is 5.91 Å². The number of carbonyl (C=O) groups is 1. The third-order valence-electron chi connectivity index (χ3n) is 3.37. The smallest absolute Gasteiger partial charge is 0.225 e. The molecule has 1 aromatic rings. The van der Waals surface area contributed by atoms with Crippen molar-refractivity contribution in [3.63, 3.8) is 0 Å². The minimum Gasteiger partial charge on any atom is -0.493 e. The molecule has 19 heavy (non-hydrogen) atoms. The largest absolute Gasteiger partial charge is 0.493 e. The lowest BCUT2D eigenvalue weighted by molar-refractivity contribution is -0.131. The Morgan fingerprint density at radius 1 is 1.37 bits per heavy atom. The van der Waals surface area contributed by atoms with Crippen molar-refractivity contribution in [1.82, 2.24) is 4.90 Å². The van der Waals surface area contributed by atoms with Crippen molar-refractivity contribution < 1.29 is 9.53 Å². The maximum atomic E-state index is 12.0. The van der Waals surface area contributed by atoms with Gasteiger partial charge >= 0.3 is 0 Å². The Bertz CT molecular complexity index is 413. The van der Waals surface area contributed by atoms with Gasteiger partial charge in [0.05, 0.1) is 13.0 Å². The van der Waals surface area contributed by atoms with Gasteiger partial charge in [-0.15, -0.1) is 0 Å². The van der Waals surface area contributed by atoms with Gasteiger partial charge in [-0.25, -0.2) is 0 Å². The molecule has 2 N–H and O–H groups in total. The molecule has 1 aliphatic carbocycles. The molecule has 0 saturated heterocycles. The van der Waals surface area contributed by atoms with E-state index in [1.54, 1.807) is 12.1 Å². The summed E-state index contributed by atoms with van der Waals surface area (Å²) in [6, 6.07) is 7.23.